The third-order valence-electron chi connectivity index (χ3n) is 6.66. The highest BCUT2D eigenvalue weighted by Gasteiger charge is 2.32. The first kappa shape index (κ1) is 33.8. The Labute approximate surface area is 273 Å². The van der Waals surface area contributed by atoms with Gasteiger partial charge in [-0.15, -0.1) is 0 Å². The molecule has 2 atom stereocenters. The first-order valence-electron chi connectivity index (χ1n) is 14.1. The van der Waals surface area contributed by atoms with Crippen LogP contribution in [0.5, 0.6) is 17.2 Å². The van der Waals surface area contributed by atoms with Crippen molar-refractivity contribution in [2.45, 2.75) is 32.7 Å². The van der Waals surface area contributed by atoms with Gasteiger partial charge in [0, 0.05) is 5.70 Å². The van der Waals surface area contributed by atoms with Gasteiger partial charge in [-0.3, -0.25) is 5.43 Å². The Morgan fingerprint density at radius 3 is 2.46 bits per heavy atom. The molecule has 242 valence electrons. The molecule has 13 nitrogen and oxygen atoms in total. The van der Waals surface area contributed by atoms with Gasteiger partial charge in [0.25, 0.3) is 0 Å². The number of carboxylic acid groups (broad SMARTS) is 1. The molecule has 2 amide bonds. The lowest BCUT2D eigenvalue weighted by atomic mass is 9.95. The number of hydrogen-bond acceptors (Lipinski definition) is 10. The van der Waals surface area contributed by atoms with E-state index in [0.717, 1.165) is 11.1 Å². The number of allylic oxidation sites excluding steroid dienone is 1. The monoisotopic (exact) mass is 696 g/mol. The molecule has 0 radical (unpaired) electrons. The summed E-state index contributed by atoms with van der Waals surface area (Å²) in [6, 6.07) is 15.5. The third kappa shape index (κ3) is 8.76. The molecule has 1 aliphatic rings. The summed E-state index contributed by atoms with van der Waals surface area (Å²) in [5.74, 6) is -0.281. The summed E-state index contributed by atoms with van der Waals surface area (Å²) in [4.78, 5) is 35.6. The summed E-state index contributed by atoms with van der Waals surface area (Å²) in [7, 11) is 1.27. The fourth-order valence-electron chi connectivity index (χ4n) is 4.44. The number of aliphatic hydroxyl groups is 1. The van der Waals surface area contributed by atoms with Crippen LogP contribution in [0.25, 0.3) is 0 Å². The van der Waals surface area contributed by atoms with Gasteiger partial charge in [-0.1, -0.05) is 18.2 Å². The maximum absolute atomic E-state index is 12.4. The van der Waals surface area contributed by atoms with Crippen molar-refractivity contribution in [2.75, 3.05) is 20.3 Å². The Morgan fingerprint density at radius 2 is 1.78 bits per heavy atom. The Morgan fingerprint density at radius 1 is 1.04 bits per heavy atom. The molecule has 14 heteroatoms. The van der Waals surface area contributed by atoms with Gasteiger partial charge in [-0.2, -0.15) is 5.10 Å². The molecule has 0 spiro atoms. The van der Waals surface area contributed by atoms with Gasteiger partial charge in [-0.05, 0) is 88.9 Å². The number of carboxylic acids is 1. The molecule has 46 heavy (non-hydrogen) atoms. The van der Waals surface area contributed by atoms with E-state index in [4.69, 9.17) is 24.1 Å². The van der Waals surface area contributed by atoms with Crippen molar-refractivity contribution in [2.24, 2.45) is 5.10 Å². The molecule has 0 saturated carbocycles. The number of aromatic carboxylic acids is 1. The van der Waals surface area contributed by atoms with Crippen LogP contribution in [0.1, 0.15) is 46.9 Å². The number of nitrogens with one attached hydrogen (secondary N) is 3. The van der Waals surface area contributed by atoms with Gasteiger partial charge in [0.2, 0.25) is 0 Å². The lowest BCUT2D eigenvalue weighted by molar-refractivity contribution is -0.136. The number of halogens is 1. The molecule has 3 aromatic carbocycles. The average molecular weight is 698 g/mol. The first-order chi connectivity index (χ1) is 22.1. The Bertz CT molecular complexity index is 1640. The number of benzene rings is 3. The van der Waals surface area contributed by atoms with Crippen LogP contribution in [-0.2, 0) is 16.1 Å². The number of ether oxygens (including phenoxy) is 4. The molecule has 1 aliphatic heterocycles. The highest BCUT2D eigenvalue weighted by Crippen LogP contribution is 2.35. The van der Waals surface area contributed by atoms with Crippen LogP contribution in [-0.4, -0.2) is 60.9 Å². The molecule has 0 fully saturated rings. The number of nitrogens with zero attached hydrogens (tertiary/aromatic N) is 1. The van der Waals surface area contributed by atoms with Crippen LogP contribution in [0.2, 0.25) is 0 Å². The number of urea groups is 1. The zero-order chi connectivity index (χ0) is 33.2. The molecule has 0 aliphatic carbocycles. The second-order valence-electron chi connectivity index (χ2n) is 9.90. The van der Waals surface area contributed by atoms with Gasteiger partial charge in [0.15, 0.2) is 17.7 Å². The van der Waals surface area contributed by atoms with Gasteiger partial charge < -0.3 is 39.8 Å². The zero-order valence-corrected chi connectivity index (χ0v) is 26.8. The zero-order valence-electron chi connectivity index (χ0n) is 25.2. The van der Waals surface area contributed by atoms with Crippen molar-refractivity contribution < 1.29 is 43.5 Å². The van der Waals surface area contributed by atoms with E-state index >= 15 is 0 Å². The van der Waals surface area contributed by atoms with Gasteiger partial charge in [0.1, 0.15) is 19.0 Å². The van der Waals surface area contributed by atoms with E-state index in [-0.39, 0.29) is 24.4 Å². The number of rotatable bonds is 14. The number of hydrogen-bond donors (Lipinski definition) is 5. The van der Waals surface area contributed by atoms with Crippen molar-refractivity contribution in [1.29, 1.82) is 0 Å². The summed E-state index contributed by atoms with van der Waals surface area (Å²) in [5.41, 5.74) is 5.57. The van der Waals surface area contributed by atoms with Crippen LogP contribution in [0.3, 0.4) is 0 Å². The largest absolute Gasteiger partial charge is 0.490 e. The van der Waals surface area contributed by atoms with Crippen LogP contribution in [0.4, 0.5) is 4.79 Å². The molecule has 0 bridgehead atoms. The maximum Gasteiger partial charge on any atom is 0.337 e. The molecule has 4 rings (SSSR count). The Hall–Kier alpha value is -5.08. The highest BCUT2D eigenvalue weighted by molar-refractivity contribution is 9.10. The topological polar surface area (TPSA) is 177 Å². The van der Waals surface area contributed by atoms with E-state index in [0.29, 0.717) is 39.6 Å². The highest BCUT2D eigenvalue weighted by atomic mass is 79.9. The van der Waals surface area contributed by atoms with E-state index in [1.54, 1.807) is 62.4 Å². The van der Waals surface area contributed by atoms with Crippen LogP contribution >= 0.6 is 15.9 Å². The van der Waals surface area contributed by atoms with Crippen molar-refractivity contribution in [3.8, 4) is 17.2 Å². The summed E-state index contributed by atoms with van der Waals surface area (Å²) in [6.45, 7) is 3.83. The van der Waals surface area contributed by atoms with Gasteiger partial charge >= 0.3 is 18.0 Å². The van der Waals surface area contributed by atoms with Gasteiger partial charge in [-0.25, -0.2) is 14.4 Å². The van der Waals surface area contributed by atoms with E-state index in [1.165, 1.54) is 25.5 Å². The van der Waals surface area contributed by atoms with E-state index in [9.17, 15) is 19.5 Å². The first-order valence-corrected chi connectivity index (χ1v) is 14.9. The molecule has 0 aromatic heterocycles. The lowest BCUT2D eigenvalue weighted by Gasteiger charge is -2.28. The predicted octanol–water partition coefficient (Wildman–Crippen LogP) is 4.25. The van der Waals surface area contributed by atoms with Crippen molar-refractivity contribution in [3.63, 3.8) is 0 Å². The third-order valence-corrected chi connectivity index (χ3v) is 7.28. The Kier molecular flexibility index (Phi) is 11.6. The predicted molar refractivity (Wildman–Crippen MR) is 171 cm³/mol. The van der Waals surface area contributed by atoms with E-state index in [1.807, 2.05) is 0 Å². The quantitative estimate of drug-likeness (QED) is 0.0709. The van der Waals surface area contributed by atoms with Crippen molar-refractivity contribution in [1.82, 2.24) is 16.1 Å². The van der Waals surface area contributed by atoms with Crippen LogP contribution in [0.15, 0.2) is 81.5 Å². The fourth-order valence-corrected chi connectivity index (χ4v) is 4.95. The molecular formula is C32H33BrN4O9. The molecular weight excluding hydrogens is 664 g/mol. The Balaban J connectivity index is 1.33. The van der Waals surface area contributed by atoms with Crippen LogP contribution in [0, 0.1) is 0 Å². The summed E-state index contributed by atoms with van der Waals surface area (Å²) >= 11 is 3.48. The number of methoxy groups -OCH3 is 1. The molecule has 3 aromatic rings. The second-order valence-corrected chi connectivity index (χ2v) is 10.7. The number of carbonyl (C=O) groups excluding carboxylic acids is 2. The molecule has 0 unspecified atom stereocenters. The molecule has 5 N–H and O–H groups in total. The number of esters is 1. The smallest absolute Gasteiger partial charge is 0.337 e. The van der Waals surface area contributed by atoms with E-state index < -0.39 is 30.2 Å². The molecule has 0 saturated heterocycles. The minimum atomic E-state index is -1.16. The second kappa shape index (κ2) is 15.8. The number of hydrazone groups is 1. The standard InChI is InChI=1S/C32H33BrN4O9/c1-4-44-26-14-22(29-28(31(41)43-3)18(2)35-32(42)36-29)10-12-25(26)46-17-27(38)37-34-15-20-7-11-24(23(33)13-20)45-16-19-5-8-21(9-6-19)30(39)40/h5-15,27,29,37-38H,4,16-17H2,1-3H3,(H,39,40)(H2,35,36,42)/b34-15-/t27-,29+/m1/s1. The summed E-state index contributed by atoms with van der Waals surface area (Å²) in [5, 5.41) is 28.8. The van der Waals surface area contributed by atoms with Crippen LogP contribution < -0.4 is 30.3 Å². The maximum atomic E-state index is 12.4. The number of amides is 2. The lowest BCUT2D eigenvalue weighted by Crippen LogP contribution is -2.45. The average Bonchev–Trinajstić information content (AvgIpc) is 3.03. The van der Waals surface area contributed by atoms with Crippen molar-refractivity contribution >= 4 is 40.1 Å². The number of carbonyl (C=O) groups is 3. The molecule has 1 heterocycles. The minimum absolute atomic E-state index is 0.169. The summed E-state index contributed by atoms with van der Waals surface area (Å²) in [6.07, 6.45) is 0.356. The van der Waals surface area contributed by atoms with E-state index in [2.05, 4.69) is 37.1 Å². The normalized spacial score (nSPS) is 15.1. The fraction of sp³-hybridized carbons (Fsp3) is 0.250. The SMILES string of the molecule is CCOc1cc([C@@H]2NC(=O)NC(C)=C2C(=O)OC)ccc1OC[C@@H](O)N/N=C\c1ccc(OCc2ccc(C(=O)O)cc2)c(Br)c1. The van der Waals surface area contributed by atoms with Crippen molar-refractivity contribution in [3.05, 3.63) is 98.7 Å². The summed E-state index contributed by atoms with van der Waals surface area (Å²) < 4.78 is 22.9. The minimum Gasteiger partial charge on any atom is -0.490 e. The number of aliphatic hydroxyl groups excluding tert-OH is 1. The van der Waals surface area contributed by atoms with Gasteiger partial charge in [0.05, 0.1) is 41.6 Å².